The lowest BCUT2D eigenvalue weighted by atomic mass is 9.97. The van der Waals surface area contributed by atoms with Crippen LogP contribution in [-0.2, 0) is 4.79 Å². The van der Waals surface area contributed by atoms with Gasteiger partial charge < -0.3 is 10.4 Å². The third-order valence-corrected chi connectivity index (χ3v) is 3.30. The lowest BCUT2D eigenvalue weighted by Gasteiger charge is -2.15. The summed E-state index contributed by atoms with van der Waals surface area (Å²) < 4.78 is 0. The van der Waals surface area contributed by atoms with Gasteiger partial charge in [-0.1, -0.05) is 31.5 Å². The molecule has 0 aliphatic carbocycles. The normalized spacial score (nSPS) is 12.2. The number of aryl methyl sites for hydroxylation is 1. The predicted molar refractivity (Wildman–Crippen MR) is 79.1 cm³/mol. The summed E-state index contributed by atoms with van der Waals surface area (Å²) in [5.74, 6) is -1.56. The molecule has 1 aromatic carbocycles. The number of carbonyl (C=O) groups excluding carboxylic acids is 1. The van der Waals surface area contributed by atoms with E-state index >= 15 is 0 Å². The first-order valence-electron chi connectivity index (χ1n) is 6.58. The van der Waals surface area contributed by atoms with Gasteiger partial charge in [0.05, 0.1) is 16.5 Å². The third-order valence-electron chi connectivity index (χ3n) is 2.98. The van der Waals surface area contributed by atoms with Crippen LogP contribution in [0.25, 0.3) is 0 Å². The molecule has 0 spiro atoms. The number of halogens is 1. The standard InChI is InChI=1S/C15H20ClNO3/c1-9(2)6-11(15(19)20)8-17-14(18)12-5-4-10(3)7-13(12)16/h4-5,7,9,11H,6,8H2,1-3H3,(H,17,18)(H,19,20). The van der Waals surface area contributed by atoms with Gasteiger partial charge >= 0.3 is 5.97 Å². The van der Waals surface area contributed by atoms with Gasteiger partial charge in [0.2, 0.25) is 0 Å². The number of rotatable bonds is 6. The molecule has 0 fully saturated rings. The van der Waals surface area contributed by atoms with Crippen LogP contribution in [0.2, 0.25) is 5.02 Å². The first kappa shape index (κ1) is 16.5. The van der Waals surface area contributed by atoms with E-state index in [1.165, 1.54) is 0 Å². The molecular formula is C15H20ClNO3. The van der Waals surface area contributed by atoms with Crippen molar-refractivity contribution in [2.75, 3.05) is 6.54 Å². The number of aliphatic carboxylic acids is 1. The topological polar surface area (TPSA) is 66.4 Å². The Bertz CT molecular complexity index is 500. The molecule has 1 rings (SSSR count). The van der Waals surface area contributed by atoms with E-state index in [1.807, 2.05) is 20.8 Å². The fourth-order valence-electron chi connectivity index (χ4n) is 1.96. The molecule has 1 unspecified atom stereocenters. The second-order valence-corrected chi connectivity index (χ2v) is 5.77. The van der Waals surface area contributed by atoms with E-state index in [0.717, 1.165) is 5.56 Å². The minimum Gasteiger partial charge on any atom is -0.481 e. The van der Waals surface area contributed by atoms with Gasteiger partial charge in [-0.3, -0.25) is 9.59 Å². The van der Waals surface area contributed by atoms with Crippen LogP contribution in [0.1, 0.15) is 36.2 Å². The molecule has 2 N–H and O–H groups in total. The van der Waals surface area contributed by atoms with E-state index in [-0.39, 0.29) is 18.4 Å². The second kappa shape index (κ2) is 7.29. The number of hydrogen-bond donors (Lipinski definition) is 2. The Morgan fingerprint density at radius 2 is 2.00 bits per heavy atom. The van der Waals surface area contributed by atoms with Crippen LogP contribution in [0.15, 0.2) is 18.2 Å². The van der Waals surface area contributed by atoms with Gasteiger partial charge in [0.15, 0.2) is 0 Å². The number of carbonyl (C=O) groups is 2. The summed E-state index contributed by atoms with van der Waals surface area (Å²) in [6.07, 6.45) is 0.525. The maximum Gasteiger partial charge on any atom is 0.308 e. The third kappa shape index (κ3) is 4.85. The first-order valence-corrected chi connectivity index (χ1v) is 6.96. The molecule has 0 aliphatic rings. The lowest BCUT2D eigenvalue weighted by Crippen LogP contribution is -2.33. The maximum absolute atomic E-state index is 12.0. The molecule has 0 saturated heterocycles. The highest BCUT2D eigenvalue weighted by atomic mass is 35.5. The Kier molecular flexibility index (Phi) is 6.02. The Morgan fingerprint density at radius 1 is 1.35 bits per heavy atom. The van der Waals surface area contributed by atoms with Gasteiger partial charge in [0, 0.05) is 6.54 Å². The predicted octanol–water partition coefficient (Wildman–Crippen LogP) is 3.13. The highest BCUT2D eigenvalue weighted by molar-refractivity contribution is 6.33. The van der Waals surface area contributed by atoms with Crippen molar-refractivity contribution in [1.82, 2.24) is 5.32 Å². The minimum absolute atomic E-state index is 0.108. The van der Waals surface area contributed by atoms with E-state index in [0.29, 0.717) is 17.0 Å². The summed E-state index contributed by atoms with van der Waals surface area (Å²) in [4.78, 5) is 23.1. The van der Waals surface area contributed by atoms with Crippen LogP contribution < -0.4 is 5.32 Å². The molecule has 0 saturated carbocycles. The molecule has 0 bridgehead atoms. The molecule has 4 nitrogen and oxygen atoms in total. The van der Waals surface area contributed by atoms with E-state index in [4.69, 9.17) is 16.7 Å². The van der Waals surface area contributed by atoms with E-state index in [2.05, 4.69) is 5.32 Å². The van der Waals surface area contributed by atoms with Gasteiger partial charge in [-0.2, -0.15) is 0 Å². The minimum atomic E-state index is -0.894. The molecule has 1 aromatic rings. The van der Waals surface area contributed by atoms with Gasteiger partial charge in [-0.05, 0) is 37.0 Å². The van der Waals surface area contributed by atoms with Crippen molar-refractivity contribution in [3.8, 4) is 0 Å². The Balaban J connectivity index is 2.68. The highest BCUT2D eigenvalue weighted by Gasteiger charge is 2.20. The summed E-state index contributed by atoms with van der Waals surface area (Å²) in [6, 6.07) is 5.15. The molecule has 0 aromatic heterocycles. The largest absolute Gasteiger partial charge is 0.481 e. The molecular weight excluding hydrogens is 278 g/mol. The van der Waals surface area contributed by atoms with Crippen LogP contribution in [0.5, 0.6) is 0 Å². The summed E-state index contributed by atoms with van der Waals surface area (Å²) >= 11 is 6.01. The lowest BCUT2D eigenvalue weighted by molar-refractivity contribution is -0.142. The molecule has 110 valence electrons. The van der Waals surface area contributed by atoms with Crippen molar-refractivity contribution in [1.29, 1.82) is 0 Å². The molecule has 0 heterocycles. The fourth-order valence-corrected chi connectivity index (χ4v) is 2.28. The number of hydrogen-bond acceptors (Lipinski definition) is 2. The Morgan fingerprint density at radius 3 is 2.50 bits per heavy atom. The van der Waals surface area contributed by atoms with Gasteiger partial charge in [-0.25, -0.2) is 0 Å². The Hall–Kier alpha value is -1.55. The van der Waals surface area contributed by atoms with Gasteiger partial charge in [0.1, 0.15) is 0 Å². The van der Waals surface area contributed by atoms with E-state index < -0.39 is 11.9 Å². The highest BCUT2D eigenvalue weighted by Crippen LogP contribution is 2.18. The monoisotopic (exact) mass is 297 g/mol. The van der Waals surface area contributed by atoms with Crippen LogP contribution in [0, 0.1) is 18.8 Å². The van der Waals surface area contributed by atoms with Crippen molar-refractivity contribution in [2.45, 2.75) is 27.2 Å². The molecule has 0 aliphatic heterocycles. The SMILES string of the molecule is Cc1ccc(C(=O)NCC(CC(C)C)C(=O)O)c(Cl)c1. The maximum atomic E-state index is 12.0. The van der Waals surface area contributed by atoms with Crippen molar-refractivity contribution >= 4 is 23.5 Å². The smallest absolute Gasteiger partial charge is 0.308 e. The van der Waals surface area contributed by atoms with Crippen molar-refractivity contribution in [3.05, 3.63) is 34.3 Å². The zero-order valence-electron chi connectivity index (χ0n) is 11.9. The van der Waals surface area contributed by atoms with Gasteiger partial charge in [0.25, 0.3) is 5.91 Å². The van der Waals surface area contributed by atoms with Crippen molar-refractivity contribution < 1.29 is 14.7 Å². The summed E-state index contributed by atoms with van der Waals surface area (Å²) in [5.41, 5.74) is 1.33. The summed E-state index contributed by atoms with van der Waals surface area (Å²) in [5, 5.41) is 12.1. The van der Waals surface area contributed by atoms with Crippen LogP contribution in [-0.4, -0.2) is 23.5 Å². The van der Waals surface area contributed by atoms with E-state index in [9.17, 15) is 9.59 Å². The number of carboxylic acid groups (broad SMARTS) is 1. The van der Waals surface area contributed by atoms with E-state index in [1.54, 1.807) is 18.2 Å². The molecule has 20 heavy (non-hydrogen) atoms. The summed E-state index contributed by atoms with van der Waals surface area (Å²) in [6.45, 7) is 5.90. The number of amides is 1. The molecule has 5 heteroatoms. The second-order valence-electron chi connectivity index (χ2n) is 5.36. The quantitative estimate of drug-likeness (QED) is 0.848. The molecule has 1 atom stereocenters. The first-order chi connectivity index (χ1) is 9.31. The number of carboxylic acids is 1. The average Bonchev–Trinajstić information content (AvgIpc) is 2.33. The molecule has 0 radical (unpaired) electrons. The van der Waals surface area contributed by atoms with Crippen LogP contribution >= 0.6 is 11.6 Å². The van der Waals surface area contributed by atoms with Crippen molar-refractivity contribution in [3.63, 3.8) is 0 Å². The average molecular weight is 298 g/mol. The van der Waals surface area contributed by atoms with Crippen LogP contribution in [0.4, 0.5) is 0 Å². The van der Waals surface area contributed by atoms with Crippen molar-refractivity contribution in [2.24, 2.45) is 11.8 Å². The zero-order chi connectivity index (χ0) is 15.3. The number of benzene rings is 1. The molecule has 1 amide bonds. The van der Waals surface area contributed by atoms with Gasteiger partial charge in [-0.15, -0.1) is 0 Å². The summed E-state index contributed by atoms with van der Waals surface area (Å²) in [7, 11) is 0. The fraction of sp³-hybridized carbons (Fsp3) is 0.467. The number of nitrogens with one attached hydrogen (secondary N) is 1. The van der Waals surface area contributed by atoms with Crippen LogP contribution in [0.3, 0.4) is 0 Å². The zero-order valence-corrected chi connectivity index (χ0v) is 12.7. The Labute approximate surface area is 124 Å².